The molecule has 0 saturated carbocycles. The number of fused-ring (bicyclic) bond motifs is 3. The van der Waals surface area contributed by atoms with Gasteiger partial charge in [0.25, 0.3) is 0 Å². The number of nitrogens with zero attached hydrogens (tertiary/aromatic N) is 5. The van der Waals surface area contributed by atoms with Crippen molar-refractivity contribution in [2.45, 2.75) is 51.0 Å². The summed E-state index contributed by atoms with van der Waals surface area (Å²) in [5, 5.41) is 16.3. The van der Waals surface area contributed by atoms with Gasteiger partial charge in [0.2, 0.25) is 0 Å². The molecule has 1 fully saturated rings. The lowest BCUT2D eigenvalue weighted by Gasteiger charge is -2.48. The zero-order valence-corrected chi connectivity index (χ0v) is 17.0. The summed E-state index contributed by atoms with van der Waals surface area (Å²) in [6, 6.07) is 13.2. The lowest BCUT2D eigenvalue weighted by atomic mass is 9.70. The average Bonchev–Trinajstić information content (AvgIpc) is 3.32. The maximum absolute atomic E-state index is 10.4. The third-order valence-corrected chi connectivity index (χ3v) is 7.25. The minimum atomic E-state index is -0.596. The highest BCUT2D eigenvalue weighted by Gasteiger charge is 2.52. The molecule has 1 aromatic carbocycles. The van der Waals surface area contributed by atoms with Gasteiger partial charge in [-0.25, -0.2) is 9.67 Å². The van der Waals surface area contributed by atoms with E-state index in [4.69, 9.17) is 5.10 Å². The SMILES string of the molecule is Cc1cnc([C@]2(C#N)Cc3c(C)nn(-c4ccccc4)c3N3CCCC[C@@H]32)s1. The standard InChI is InChI=1S/C22H23N5S/c1-15-13-24-21(28-15)22(14-23)12-18-16(2)25-27(17-8-4-3-5-9-17)20(18)26-11-7-6-10-19(22)26/h3-5,8-9,13,19H,6-7,10-12H2,1-2H3/t19-,22+/m1/s1. The molecule has 0 unspecified atom stereocenters. The van der Waals surface area contributed by atoms with Crippen LogP contribution in [0.25, 0.3) is 5.69 Å². The van der Waals surface area contributed by atoms with E-state index in [0.29, 0.717) is 6.42 Å². The first-order chi connectivity index (χ1) is 13.6. The Bertz CT molecular complexity index is 1060. The average molecular weight is 390 g/mol. The Morgan fingerprint density at radius 1 is 1.21 bits per heavy atom. The van der Waals surface area contributed by atoms with Crippen LogP contribution in [0.3, 0.4) is 0 Å². The second-order valence-corrected chi connectivity index (χ2v) is 9.11. The fraction of sp³-hybridized carbons (Fsp3) is 0.409. The van der Waals surface area contributed by atoms with Crippen LogP contribution in [0.4, 0.5) is 5.82 Å². The van der Waals surface area contributed by atoms with Crippen LogP contribution < -0.4 is 4.90 Å². The van der Waals surface area contributed by atoms with E-state index in [-0.39, 0.29) is 6.04 Å². The Hall–Kier alpha value is -2.65. The van der Waals surface area contributed by atoms with Crippen molar-refractivity contribution in [3.05, 3.63) is 57.7 Å². The molecule has 0 amide bonds. The molecular formula is C22H23N5S. The Labute approximate surface area is 169 Å². The number of para-hydroxylation sites is 1. The fourth-order valence-electron chi connectivity index (χ4n) is 4.83. The maximum Gasteiger partial charge on any atom is 0.136 e. The molecule has 4 heterocycles. The van der Waals surface area contributed by atoms with Crippen molar-refractivity contribution in [3.63, 3.8) is 0 Å². The largest absolute Gasteiger partial charge is 0.351 e. The van der Waals surface area contributed by atoms with Crippen molar-refractivity contribution in [2.24, 2.45) is 0 Å². The number of piperidine rings is 1. The Kier molecular flexibility index (Phi) is 4.02. The first-order valence-corrected chi connectivity index (χ1v) is 10.7. The van der Waals surface area contributed by atoms with Gasteiger partial charge in [-0.05, 0) is 45.2 Å². The number of rotatable bonds is 2. The van der Waals surface area contributed by atoms with Crippen molar-refractivity contribution in [2.75, 3.05) is 11.4 Å². The van der Waals surface area contributed by atoms with Gasteiger partial charge in [-0.1, -0.05) is 18.2 Å². The van der Waals surface area contributed by atoms with Crippen molar-refractivity contribution in [1.82, 2.24) is 14.8 Å². The lowest BCUT2D eigenvalue weighted by Crippen LogP contribution is -2.57. The summed E-state index contributed by atoms with van der Waals surface area (Å²) in [5.74, 6) is 1.17. The molecule has 2 aliphatic rings. The zero-order chi connectivity index (χ0) is 19.3. The molecule has 0 radical (unpaired) electrons. The summed E-state index contributed by atoms with van der Waals surface area (Å²) in [4.78, 5) is 8.30. The van der Waals surface area contributed by atoms with E-state index in [1.807, 2.05) is 24.4 Å². The monoisotopic (exact) mass is 389 g/mol. The second-order valence-electron chi connectivity index (χ2n) is 7.88. The minimum absolute atomic E-state index is 0.142. The second kappa shape index (κ2) is 6.46. The van der Waals surface area contributed by atoms with Crippen LogP contribution in [0.15, 0.2) is 36.5 Å². The first kappa shape index (κ1) is 17.4. The predicted molar refractivity (Wildman–Crippen MR) is 111 cm³/mol. The molecule has 2 atom stereocenters. The highest BCUT2D eigenvalue weighted by atomic mass is 32.1. The molecule has 28 heavy (non-hydrogen) atoms. The van der Waals surface area contributed by atoms with Gasteiger partial charge < -0.3 is 4.90 Å². The summed E-state index contributed by atoms with van der Waals surface area (Å²) >= 11 is 1.67. The smallest absolute Gasteiger partial charge is 0.136 e. The highest BCUT2D eigenvalue weighted by molar-refractivity contribution is 7.11. The normalized spacial score (nSPS) is 23.8. The topological polar surface area (TPSA) is 57.7 Å². The van der Waals surface area contributed by atoms with Crippen molar-refractivity contribution in [3.8, 4) is 11.8 Å². The number of hydrogen-bond donors (Lipinski definition) is 0. The predicted octanol–water partition coefficient (Wildman–Crippen LogP) is 4.32. The number of aromatic nitrogens is 3. The Morgan fingerprint density at radius 2 is 2.04 bits per heavy atom. The molecule has 6 heteroatoms. The molecule has 142 valence electrons. The van der Waals surface area contributed by atoms with Crippen molar-refractivity contribution >= 4 is 17.2 Å². The number of hydrogen-bond acceptors (Lipinski definition) is 5. The molecule has 3 aromatic rings. The van der Waals surface area contributed by atoms with Crippen molar-refractivity contribution in [1.29, 1.82) is 5.26 Å². The summed E-state index contributed by atoms with van der Waals surface area (Å²) in [6.45, 7) is 5.10. The molecule has 5 rings (SSSR count). The van der Waals surface area contributed by atoms with Crippen LogP contribution in [-0.4, -0.2) is 27.4 Å². The molecule has 2 aliphatic heterocycles. The third kappa shape index (κ3) is 2.43. The van der Waals surface area contributed by atoms with Crippen LogP contribution in [0, 0.1) is 25.2 Å². The fourth-order valence-corrected chi connectivity index (χ4v) is 5.79. The zero-order valence-electron chi connectivity index (χ0n) is 16.2. The van der Waals surface area contributed by atoms with Crippen LogP contribution in [0.2, 0.25) is 0 Å². The Balaban J connectivity index is 1.73. The summed E-state index contributed by atoms with van der Waals surface area (Å²) < 4.78 is 2.08. The minimum Gasteiger partial charge on any atom is -0.351 e. The van der Waals surface area contributed by atoms with Crippen molar-refractivity contribution < 1.29 is 0 Å². The van der Waals surface area contributed by atoms with E-state index >= 15 is 0 Å². The number of aryl methyl sites for hydroxylation is 2. The van der Waals surface area contributed by atoms with Gasteiger partial charge in [-0.3, -0.25) is 0 Å². The molecule has 0 spiro atoms. The van der Waals surface area contributed by atoms with Gasteiger partial charge in [-0.2, -0.15) is 10.4 Å². The molecule has 0 aliphatic carbocycles. The summed E-state index contributed by atoms with van der Waals surface area (Å²) in [7, 11) is 0. The van der Waals surface area contributed by atoms with Crippen LogP contribution in [0.5, 0.6) is 0 Å². The van der Waals surface area contributed by atoms with Crippen LogP contribution >= 0.6 is 11.3 Å². The first-order valence-electron chi connectivity index (χ1n) is 9.89. The number of anilines is 1. The molecule has 0 bridgehead atoms. The van der Waals surface area contributed by atoms with E-state index in [1.165, 1.54) is 11.4 Å². The van der Waals surface area contributed by atoms with E-state index in [0.717, 1.165) is 47.1 Å². The van der Waals surface area contributed by atoms with Crippen LogP contribution in [0.1, 0.15) is 40.4 Å². The van der Waals surface area contributed by atoms with E-state index in [1.54, 1.807) is 11.3 Å². The molecule has 1 saturated heterocycles. The molecule has 0 N–H and O–H groups in total. The Morgan fingerprint density at radius 3 is 2.75 bits per heavy atom. The highest BCUT2D eigenvalue weighted by Crippen LogP contribution is 2.48. The van der Waals surface area contributed by atoms with Gasteiger partial charge in [0.15, 0.2) is 0 Å². The van der Waals surface area contributed by atoms with Gasteiger partial charge >= 0.3 is 0 Å². The van der Waals surface area contributed by atoms with Gasteiger partial charge in [-0.15, -0.1) is 11.3 Å². The number of benzene rings is 1. The quantitative estimate of drug-likeness (QED) is 0.655. The van der Waals surface area contributed by atoms with E-state index < -0.39 is 5.41 Å². The number of nitriles is 1. The third-order valence-electron chi connectivity index (χ3n) is 6.16. The van der Waals surface area contributed by atoms with Gasteiger partial charge in [0.05, 0.1) is 23.5 Å². The number of thiazole rings is 1. The summed E-state index contributed by atoms with van der Waals surface area (Å²) in [5.41, 5.74) is 2.68. The van der Waals surface area contributed by atoms with Crippen LogP contribution in [-0.2, 0) is 11.8 Å². The van der Waals surface area contributed by atoms with Gasteiger partial charge in [0.1, 0.15) is 16.2 Å². The molecule has 5 nitrogen and oxygen atoms in total. The van der Waals surface area contributed by atoms with Gasteiger partial charge in [0, 0.05) is 29.6 Å². The summed E-state index contributed by atoms with van der Waals surface area (Å²) in [6.07, 6.45) is 5.91. The molecular weight excluding hydrogens is 366 g/mol. The van der Waals surface area contributed by atoms with E-state index in [9.17, 15) is 5.26 Å². The maximum atomic E-state index is 10.4. The molecule has 2 aromatic heterocycles. The lowest BCUT2D eigenvalue weighted by molar-refractivity contribution is 0.320. The van der Waals surface area contributed by atoms with E-state index in [2.05, 4.69) is 46.6 Å².